The summed E-state index contributed by atoms with van der Waals surface area (Å²) in [5.74, 6) is -0.552. The van der Waals surface area contributed by atoms with Crippen molar-refractivity contribution in [3.8, 4) is 5.75 Å². The number of amides is 1. The van der Waals surface area contributed by atoms with Crippen molar-refractivity contribution in [2.24, 2.45) is 5.73 Å². The highest BCUT2D eigenvalue weighted by molar-refractivity contribution is 5.85. The lowest BCUT2D eigenvalue weighted by atomic mass is 10.0. The van der Waals surface area contributed by atoms with Crippen LogP contribution in [0, 0.1) is 0 Å². The molecule has 7 nitrogen and oxygen atoms in total. The van der Waals surface area contributed by atoms with Gasteiger partial charge in [0.05, 0.1) is 13.5 Å². The highest BCUT2D eigenvalue weighted by Gasteiger charge is 2.19. The zero-order valence-electron chi connectivity index (χ0n) is 13.2. The first-order chi connectivity index (χ1) is 10.1. The van der Waals surface area contributed by atoms with Crippen molar-refractivity contribution >= 4 is 17.7 Å². The van der Waals surface area contributed by atoms with Gasteiger partial charge in [0.15, 0.2) is 0 Å². The number of carbonyl (C=O) groups is 2. The van der Waals surface area contributed by atoms with E-state index >= 15 is 0 Å². The number of aliphatic carboxylic acids is 1. The number of rotatable bonds is 5. The Labute approximate surface area is 129 Å². The van der Waals surface area contributed by atoms with E-state index in [0.29, 0.717) is 17.0 Å². The lowest BCUT2D eigenvalue weighted by Gasteiger charge is -2.20. The molecule has 0 fully saturated rings. The molecule has 1 amide bonds. The second kappa shape index (κ2) is 7.13. The Balaban J connectivity index is 2.94. The number of nitrogens with two attached hydrogens (primary N) is 1. The van der Waals surface area contributed by atoms with Gasteiger partial charge in [-0.3, -0.25) is 10.1 Å². The number of carbonyl (C=O) groups excluding carboxylic acids is 1. The molecule has 0 spiro atoms. The van der Waals surface area contributed by atoms with E-state index in [0.717, 1.165) is 0 Å². The molecule has 1 atom stereocenters. The number of benzene rings is 1. The monoisotopic (exact) mass is 310 g/mol. The first kappa shape index (κ1) is 17.8. The van der Waals surface area contributed by atoms with Crippen LogP contribution in [0.1, 0.15) is 38.8 Å². The molecule has 0 radical (unpaired) electrons. The predicted molar refractivity (Wildman–Crippen MR) is 82.0 cm³/mol. The number of anilines is 1. The Kier molecular flexibility index (Phi) is 5.76. The van der Waals surface area contributed by atoms with Crippen LogP contribution in [-0.4, -0.2) is 29.9 Å². The molecule has 0 bridgehead atoms. The predicted octanol–water partition coefficient (Wildman–Crippen LogP) is 2.52. The van der Waals surface area contributed by atoms with Crippen LogP contribution in [0.3, 0.4) is 0 Å². The topological polar surface area (TPSA) is 111 Å². The summed E-state index contributed by atoms with van der Waals surface area (Å²) in [6, 6.07) is 4.08. The van der Waals surface area contributed by atoms with E-state index in [1.54, 1.807) is 39.0 Å². The average molecular weight is 310 g/mol. The number of carboxylic acid groups (broad SMARTS) is 1. The quantitative estimate of drug-likeness (QED) is 0.770. The summed E-state index contributed by atoms with van der Waals surface area (Å²) in [5, 5.41) is 11.4. The fourth-order valence-electron chi connectivity index (χ4n) is 1.82. The smallest absolute Gasteiger partial charge is 0.412 e. The van der Waals surface area contributed by atoms with Gasteiger partial charge in [0.1, 0.15) is 11.4 Å². The van der Waals surface area contributed by atoms with Crippen molar-refractivity contribution in [1.82, 2.24) is 0 Å². The van der Waals surface area contributed by atoms with Gasteiger partial charge in [-0.15, -0.1) is 0 Å². The molecule has 1 rings (SSSR count). The molecule has 7 heteroatoms. The van der Waals surface area contributed by atoms with Gasteiger partial charge in [0, 0.05) is 17.3 Å². The van der Waals surface area contributed by atoms with Crippen molar-refractivity contribution < 1.29 is 24.2 Å². The van der Waals surface area contributed by atoms with Crippen LogP contribution in [-0.2, 0) is 9.53 Å². The molecule has 1 aromatic carbocycles. The Hall–Kier alpha value is -2.28. The summed E-state index contributed by atoms with van der Waals surface area (Å²) in [6.45, 7) is 5.28. The first-order valence-corrected chi connectivity index (χ1v) is 6.77. The van der Waals surface area contributed by atoms with Gasteiger partial charge < -0.3 is 20.3 Å². The van der Waals surface area contributed by atoms with E-state index in [2.05, 4.69) is 5.32 Å². The van der Waals surface area contributed by atoms with Gasteiger partial charge in [0.2, 0.25) is 0 Å². The van der Waals surface area contributed by atoms with Crippen LogP contribution in [0.4, 0.5) is 10.5 Å². The summed E-state index contributed by atoms with van der Waals surface area (Å²) < 4.78 is 10.3. The zero-order chi connectivity index (χ0) is 16.9. The maximum atomic E-state index is 11.8. The van der Waals surface area contributed by atoms with E-state index in [9.17, 15) is 9.59 Å². The lowest BCUT2D eigenvalue weighted by Crippen LogP contribution is -2.27. The summed E-state index contributed by atoms with van der Waals surface area (Å²) in [6.07, 6.45) is -0.845. The fraction of sp³-hybridized carbons (Fsp3) is 0.467. The molecule has 1 aromatic rings. The molecule has 0 aliphatic rings. The second-order valence-corrected chi connectivity index (χ2v) is 5.79. The van der Waals surface area contributed by atoms with E-state index < -0.39 is 23.7 Å². The normalized spacial score (nSPS) is 12.4. The zero-order valence-corrected chi connectivity index (χ0v) is 13.2. The van der Waals surface area contributed by atoms with E-state index in [-0.39, 0.29) is 6.42 Å². The third-order valence-electron chi connectivity index (χ3n) is 2.67. The molecule has 0 saturated heterocycles. The molecule has 0 saturated carbocycles. The SMILES string of the molecule is COc1ccc(NC(=O)OC(C)(C)C)cc1C(N)CC(=O)O. The standard InChI is InChI=1S/C15H22N2O5/c1-15(2,3)22-14(20)17-9-5-6-12(21-4)10(7-9)11(16)8-13(18)19/h5-7,11H,8,16H2,1-4H3,(H,17,20)(H,18,19). The molecule has 0 aliphatic heterocycles. The molecular formula is C15H22N2O5. The maximum Gasteiger partial charge on any atom is 0.412 e. The van der Waals surface area contributed by atoms with Crippen LogP contribution in [0.2, 0.25) is 0 Å². The highest BCUT2D eigenvalue weighted by Crippen LogP contribution is 2.29. The minimum atomic E-state index is -1.01. The Morgan fingerprint density at radius 1 is 1.36 bits per heavy atom. The Morgan fingerprint density at radius 2 is 2.00 bits per heavy atom. The van der Waals surface area contributed by atoms with Crippen LogP contribution in [0.25, 0.3) is 0 Å². The van der Waals surface area contributed by atoms with Gasteiger partial charge in [-0.2, -0.15) is 0 Å². The number of hydrogen-bond donors (Lipinski definition) is 3. The third kappa shape index (κ3) is 5.61. The Bertz CT molecular complexity index is 551. The second-order valence-electron chi connectivity index (χ2n) is 5.79. The molecule has 122 valence electrons. The minimum Gasteiger partial charge on any atom is -0.496 e. The number of ether oxygens (including phenoxy) is 2. The number of carboxylic acids is 1. The Morgan fingerprint density at radius 3 is 2.50 bits per heavy atom. The molecule has 0 aromatic heterocycles. The van der Waals surface area contributed by atoms with Crippen molar-refractivity contribution in [2.75, 3.05) is 12.4 Å². The van der Waals surface area contributed by atoms with Gasteiger partial charge >= 0.3 is 12.1 Å². The molecule has 22 heavy (non-hydrogen) atoms. The largest absolute Gasteiger partial charge is 0.496 e. The van der Waals surface area contributed by atoms with E-state index in [1.165, 1.54) is 7.11 Å². The van der Waals surface area contributed by atoms with Crippen LogP contribution in [0.5, 0.6) is 5.75 Å². The first-order valence-electron chi connectivity index (χ1n) is 6.77. The molecule has 0 heterocycles. The van der Waals surface area contributed by atoms with Gasteiger partial charge in [-0.25, -0.2) is 4.79 Å². The van der Waals surface area contributed by atoms with E-state index in [4.69, 9.17) is 20.3 Å². The van der Waals surface area contributed by atoms with Crippen molar-refractivity contribution in [2.45, 2.75) is 38.8 Å². The number of nitrogens with one attached hydrogen (secondary N) is 1. The maximum absolute atomic E-state index is 11.8. The molecule has 0 aliphatic carbocycles. The van der Waals surface area contributed by atoms with Gasteiger partial charge in [-0.05, 0) is 39.0 Å². The van der Waals surface area contributed by atoms with Crippen molar-refractivity contribution in [1.29, 1.82) is 0 Å². The average Bonchev–Trinajstić information content (AvgIpc) is 2.35. The summed E-state index contributed by atoms with van der Waals surface area (Å²) in [5.41, 5.74) is 6.21. The summed E-state index contributed by atoms with van der Waals surface area (Å²) in [4.78, 5) is 22.5. The highest BCUT2D eigenvalue weighted by atomic mass is 16.6. The van der Waals surface area contributed by atoms with Gasteiger partial charge in [-0.1, -0.05) is 0 Å². The van der Waals surface area contributed by atoms with Crippen LogP contribution in [0.15, 0.2) is 18.2 Å². The molecular weight excluding hydrogens is 288 g/mol. The number of methoxy groups -OCH3 is 1. The number of hydrogen-bond acceptors (Lipinski definition) is 5. The van der Waals surface area contributed by atoms with Crippen molar-refractivity contribution in [3.63, 3.8) is 0 Å². The molecule has 4 N–H and O–H groups in total. The third-order valence-corrected chi connectivity index (χ3v) is 2.67. The van der Waals surface area contributed by atoms with Crippen LogP contribution < -0.4 is 15.8 Å². The minimum absolute atomic E-state index is 0.244. The fourth-order valence-corrected chi connectivity index (χ4v) is 1.82. The molecule has 1 unspecified atom stereocenters. The summed E-state index contributed by atoms with van der Waals surface area (Å²) >= 11 is 0. The lowest BCUT2D eigenvalue weighted by molar-refractivity contribution is -0.137. The van der Waals surface area contributed by atoms with E-state index in [1.807, 2.05) is 0 Å². The van der Waals surface area contributed by atoms with Gasteiger partial charge in [0.25, 0.3) is 0 Å². The van der Waals surface area contributed by atoms with Crippen LogP contribution >= 0.6 is 0 Å². The summed E-state index contributed by atoms with van der Waals surface area (Å²) in [7, 11) is 1.47. The van der Waals surface area contributed by atoms with Crippen molar-refractivity contribution in [3.05, 3.63) is 23.8 Å².